The molecule has 1 atom stereocenters. The highest BCUT2D eigenvalue weighted by Gasteiger charge is 2.19. The van der Waals surface area contributed by atoms with E-state index < -0.39 is 0 Å². The summed E-state index contributed by atoms with van der Waals surface area (Å²) in [5, 5.41) is 0. The third kappa shape index (κ3) is 12.3. The molecule has 0 aromatic rings. The van der Waals surface area contributed by atoms with Gasteiger partial charge in [0.15, 0.2) is 0 Å². The Labute approximate surface area is 109 Å². The van der Waals surface area contributed by atoms with E-state index in [2.05, 4.69) is 27.7 Å². The minimum atomic E-state index is 0. The summed E-state index contributed by atoms with van der Waals surface area (Å²) in [5.41, 5.74) is 6.04. The zero-order valence-electron chi connectivity index (χ0n) is 11.7. The van der Waals surface area contributed by atoms with Gasteiger partial charge in [-0.05, 0) is 26.2 Å². The second kappa shape index (κ2) is 11.7. The molecule has 0 radical (unpaired) electrons. The molecule has 102 valence electrons. The largest absolute Gasteiger partial charge is 0.344 e. The molecule has 0 aliphatic heterocycles. The van der Waals surface area contributed by atoms with Crippen LogP contribution in [0.1, 0.15) is 72.6 Å². The van der Waals surface area contributed by atoms with Crippen LogP contribution in [0.25, 0.3) is 0 Å². The Bertz CT molecular complexity index is 132. The minimum absolute atomic E-state index is 0. The highest BCUT2D eigenvalue weighted by molar-refractivity contribution is 5.85. The van der Waals surface area contributed by atoms with Crippen LogP contribution >= 0.6 is 12.4 Å². The maximum atomic E-state index is 6.04. The summed E-state index contributed by atoms with van der Waals surface area (Å²) in [6.45, 7) is 8.80. The molecule has 3 heteroatoms. The first-order valence-electron chi connectivity index (χ1n) is 6.27. The van der Waals surface area contributed by atoms with Gasteiger partial charge < -0.3 is 11.9 Å². The normalized spacial score (nSPS) is 12.6. The molecule has 0 aliphatic rings. The lowest BCUT2D eigenvalue weighted by Gasteiger charge is -2.27. The summed E-state index contributed by atoms with van der Waals surface area (Å²) in [6.07, 6.45) is 9.59. The van der Waals surface area contributed by atoms with Gasteiger partial charge in [0, 0.05) is 5.54 Å². The molecule has 0 rings (SSSR count). The Morgan fingerprint density at radius 2 is 1.44 bits per heavy atom. The first kappa shape index (κ1) is 21.5. The molecule has 0 fully saturated rings. The van der Waals surface area contributed by atoms with Crippen molar-refractivity contribution in [3.05, 3.63) is 0 Å². The van der Waals surface area contributed by atoms with Crippen molar-refractivity contribution in [2.75, 3.05) is 0 Å². The van der Waals surface area contributed by atoms with E-state index in [0.717, 1.165) is 0 Å². The summed E-state index contributed by atoms with van der Waals surface area (Å²) in [5.74, 6) is 0.647. The summed E-state index contributed by atoms with van der Waals surface area (Å²) < 4.78 is 0. The quantitative estimate of drug-likeness (QED) is 0.616. The molecule has 0 saturated heterocycles. The van der Waals surface area contributed by atoms with Crippen LogP contribution in [0.3, 0.4) is 0 Å². The van der Waals surface area contributed by atoms with Crippen molar-refractivity contribution < 1.29 is 0 Å². The second-order valence-electron chi connectivity index (χ2n) is 5.28. The molecule has 0 spiro atoms. The predicted octanol–water partition coefficient (Wildman–Crippen LogP) is 4.69. The summed E-state index contributed by atoms with van der Waals surface area (Å²) in [4.78, 5) is 0. The second-order valence-corrected chi connectivity index (χ2v) is 5.28. The molecular formula is C13H33ClN2. The number of unbranched alkanes of at least 4 members (excludes halogenated alkanes) is 5. The van der Waals surface area contributed by atoms with Gasteiger partial charge >= 0.3 is 0 Å². The van der Waals surface area contributed by atoms with Crippen LogP contribution in [0, 0.1) is 5.92 Å². The van der Waals surface area contributed by atoms with Crippen molar-refractivity contribution in [2.24, 2.45) is 11.7 Å². The topological polar surface area (TPSA) is 61.0 Å². The molecule has 0 aliphatic carbocycles. The number of rotatable bonds is 8. The molecule has 1 unspecified atom stereocenters. The van der Waals surface area contributed by atoms with Gasteiger partial charge in [-0.3, -0.25) is 0 Å². The minimum Gasteiger partial charge on any atom is -0.344 e. The van der Waals surface area contributed by atoms with Crippen molar-refractivity contribution >= 4 is 12.4 Å². The standard InChI is InChI=1S/C13H29N.ClH.H3N/c1-5-6-7-8-9-10-11-12(2)13(3,4)14;;/h12H,5-11,14H2,1-4H3;1H;1H3. The first-order valence-corrected chi connectivity index (χ1v) is 6.27. The Morgan fingerprint density at radius 1 is 1.00 bits per heavy atom. The van der Waals surface area contributed by atoms with E-state index in [-0.39, 0.29) is 24.1 Å². The Balaban J connectivity index is -0.000000845. The number of hydrogen-bond donors (Lipinski definition) is 2. The maximum absolute atomic E-state index is 6.04. The average molecular weight is 253 g/mol. The zero-order valence-corrected chi connectivity index (χ0v) is 12.5. The zero-order chi connectivity index (χ0) is 11.0. The van der Waals surface area contributed by atoms with Gasteiger partial charge in [-0.25, -0.2) is 0 Å². The lowest BCUT2D eigenvalue weighted by molar-refractivity contribution is 0.316. The van der Waals surface area contributed by atoms with E-state index in [0.29, 0.717) is 5.92 Å². The van der Waals surface area contributed by atoms with Crippen LogP contribution < -0.4 is 11.9 Å². The molecule has 0 aromatic heterocycles. The molecule has 0 saturated carbocycles. The van der Waals surface area contributed by atoms with Crippen LogP contribution in [0.5, 0.6) is 0 Å². The van der Waals surface area contributed by atoms with Gasteiger partial charge in [-0.15, -0.1) is 12.4 Å². The SMILES string of the molecule is CCCCCCCCC(C)C(C)(C)N.Cl.N. The molecule has 0 aromatic carbocycles. The number of nitrogens with two attached hydrogens (primary N) is 1. The Kier molecular flexibility index (Phi) is 15.7. The fourth-order valence-corrected chi connectivity index (χ4v) is 1.60. The predicted molar refractivity (Wildman–Crippen MR) is 77.7 cm³/mol. The van der Waals surface area contributed by atoms with Gasteiger partial charge in [0.2, 0.25) is 0 Å². The molecule has 2 nitrogen and oxygen atoms in total. The van der Waals surface area contributed by atoms with Gasteiger partial charge in [-0.2, -0.15) is 0 Å². The van der Waals surface area contributed by atoms with E-state index >= 15 is 0 Å². The Hall–Kier alpha value is 0.210. The third-order valence-electron chi connectivity index (χ3n) is 3.26. The molecule has 16 heavy (non-hydrogen) atoms. The third-order valence-corrected chi connectivity index (χ3v) is 3.26. The molecule has 0 amide bonds. The molecule has 0 heterocycles. The van der Waals surface area contributed by atoms with Crippen molar-refractivity contribution in [3.63, 3.8) is 0 Å². The van der Waals surface area contributed by atoms with Crippen LogP contribution in [0.15, 0.2) is 0 Å². The van der Waals surface area contributed by atoms with Crippen molar-refractivity contribution in [1.82, 2.24) is 6.15 Å². The average Bonchev–Trinajstić information content (AvgIpc) is 2.09. The lowest BCUT2D eigenvalue weighted by atomic mass is 9.86. The first-order chi connectivity index (χ1) is 6.48. The lowest BCUT2D eigenvalue weighted by Crippen LogP contribution is -2.39. The van der Waals surface area contributed by atoms with Gasteiger partial charge in [0.25, 0.3) is 0 Å². The Morgan fingerprint density at radius 3 is 1.88 bits per heavy atom. The number of hydrogen-bond acceptors (Lipinski definition) is 2. The highest BCUT2D eigenvalue weighted by atomic mass is 35.5. The van der Waals surface area contributed by atoms with Crippen molar-refractivity contribution in [2.45, 2.75) is 78.2 Å². The van der Waals surface area contributed by atoms with Crippen LogP contribution in [0.2, 0.25) is 0 Å². The monoisotopic (exact) mass is 252 g/mol. The summed E-state index contributed by atoms with van der Waals surface area (Å²) in [7, 11) is 0. The molecular weight excluding hydrogens is 220 g/mol. The molecule has 0 bridgehead atoms. The van der Waals surface area contributed by atoms with Gasteiger partial charge in [-0.1, -0.05) is 52.4 Å². The van der Waals surface area contributed by atoms with Crippen molar-refractivity contribution in [1.29, 1.82) is 0 Å². The maximum Gasteiger partial charge on any atom is 0.0123 e. The van der Waals surface area contributed by atoms with E-state index in [1.54, 1.807) is 0 Å². The van der Waals surface area contributed by atoms with E-state index in [4.69, 9.17) is 5.73 Å². The van der Waals surface area contributed by atoms with Crippen LogP contribution in [-0.4, -0.2) is 5.54 Å². The number of halogens is 1. The van der Waals surface area contributed by atoms with Crippen LogP contribution in [-0.2, 0) is 0 Å². The fourth-order valence-electron chi connectivity index (χ4n) is 1.60. The molecule has 5 N–H and O–H groups in total. The smallest absolute Gasteiger partial charge is 0.0123 e. The summed E-state index contributed by atoms with van der Waals surface area (Å²) in [6, 6.07) is 0. The van der Waals surface area contributed by atoms with E-state index in [1.165, 1.54) is 44.9 Å². The van der Waals surface area contributed by atoms with Gasteiger partial charge in [0.05, 0.1) is 0 Å². The highest BCUT2D eigenvalue weighted by Crippen LogP contribution is 2.20. The van der Waals surface area contributed by atoms with Crippen LogP contribution in [0.4, 0.5) is 0 Å². The van der Waals surface area contributed by atoms with E-state index in [9.17, 15) is 0 Å². The van der Waals surface area contributed by atoms with E-state index in [1.807, 2.05) is 0 Å². The fraction of sp³-hybridized carbons (Fsp3) is 1.00. The summed E-state index contributed by atoms with van der Waals surface area (Å²) >= 11 is 0. The van der Waals surface area contributed by atoms with Gasteiger partial charge in [0.1, 0.15) is 0 Å². The van der Waals surface area contributed by atoms with Crippen molar-refractivity contribution in [3.8, 4) is 0 Å².